The fraction of sp³-hybridized carbons (Fsp3) is 0.545. The predicted octanol–water partition coefficient (Wildman–Crippen LogP) is 4.31. The SMILES string of the molecule is CC.CCC.Cc1csc(C=O)c1. The number of carbonyl (C=O) groups is 1. The number of aryl methyl sites for hydroxylation is 1. The van der Waals surface area contributed by atoms with Gasteiger partial charge in [0.1, 0.15) is 0 Å². The first-order valence-electron chi connectivity index (χ1n) is 4.74. The lowest BCUT2D eigenvalue weighted by Crippen LogP contribution is -1.64. The Morgan fingerprint density at radius 2 is 1.85 bits per heavy atom. The highest BCUT2D eigenvalue weighted by atomic mass is 32.1. The average Bonchev–Trinajstić information content (AvgIpc) is 2.56. The molecular weight excluding hydrogens is 180 g/mol. The van der Waals surface area contributed by atoms with Crippen LogP contribution in [0.25, 0.3) is 0 Å². The number of carbonyl (C=O) groups excluding carboxylic acids is 1. The summed E-state index contributed by atoms with van der Waals surface area (Å²) in [6, 6.07) is 1.87. The van der Waals surface area contributed by atoms with Gasteiger partial charge in [0.05, 0.1) is 4.88 Å². The Morgan fingerprint density at radius 1 is 1.38 bits per heavy atom. The molecule has 0 aliphatic heterocycles. The van der Waals surface area contributed by atoms with Gasteiger partial charge in [-0.2, -0.15) is 0 Å². The Morgan fingerprint density at radius 3 is 2.00 bits per heavy atom. The topological polar surface area (TPSA) is 17.1 Å². The van der Waals surface area contributed by atoms with Crippen LogP contribution in [0.3, 0.4) is 0 Å². The van der Waals surface area contributed by atoms with E-state index >= 15 is 0 Å². The molecule has 0 bridgehead atoms. The van der Waals surface area contributed by atoms with Gasteiger partial charge in [-0.1, -0.05) is 34.1 Å². The summed E-state index contributed by atoms with van der Waals surface area (Å²) in [4.78, 5) is 10.8. The van der Waals surface area contributed by atoms with Crippen molar-refractivity contribution in [2.45, 2.75) is 41.0 Å². The second-order valence-electron chi connectivity index (χ2n) is 2.35. The molecule has 0 aromatic carbocycles. The zero-order valence-corrected chi connectivity index (χ0v) is 10.1. The van der Waals surface area contributed by atoms with E-state index in [1.54, 1.807) is 0 Å². The molecule has 0 aliphatic rings. The van der Waals surface area contributed by atoms with Crippen LogP contribution in [0.5, 0.6) is 0 Å². The van der Waals surface area contributed by atoms with Crippen molar-refractivity contribution in [2.24, 2.45) is 0 Å². The van der Waals surface area contributed by atoms with Gasteiger partial charge in [-0.15, -0.1) is 11.3 Å². The Bertz CT molecular complexity index is 204. The minimum absolute atomic E-state index is 0.808. The van der Waals surface area contributed by atoms with Crippen LogP contribution in [0.4, 0.5) is 0 Å². The van der Waals surface area contributed by atoms with E-state index in [1.807, 2.05) is 32.2 Å². The summed E-state index contributed by atoms with van der Waals surface area (Å²) in [5, 5.41) is 1.96. The van der Waals surface area contributed by atoms with Crippen LogP contribution < -0.4 is 0 Å². The van der Waals surface area contributed by atoms with Gasteiger partial charge in [0.15, 0.2) is 6.29 Å². The molecule has 0 fully saturated rings. The van der Waals surface area contributed by atoms with Crippen molar-refractivity contribution >= 4 is 17.6 Å². The van der Waals surface area contributed by atoms with Crippen molar-refractivity contribution in [1.29, 1.82) is 0 Å². The summed E-state index contributed by atoms with van der Waals surface area (Å²) in [5.41, 5.74) is 1.16. The fourth-order valence-corrected chi connectivity index (χ4v) is 1.21. The lowest BCUT2D eigenvalue weighted by Gasteiger charge is -1.70. The highest BCUT2D eigenvalue weighted by Crippen LogP contribution is 2.09. The lowest BCUT2D eigenvalue weighted by atomic mass is 10.4. The summed E-state index contributed by atoms with van der Waals surface area (Å²) in [6.07, 6.45) is 2.12. The normalized spacial score (nSPS) is 7.46. The molecule has 2 heteroatoms. The van der Waals surface area contributed by atoms with Crippen molar-refractivity contribution < 1.29 is 4.79 Å². The Balaban J connectivity index is 0. The van der Waals surface area contributed by atoms with Gasteiger partial charge in [-0.05, 0) is 23.9 Å². The van der Waals surface area contributed by atoms with Crippen molar-refractivity contribution in [3.05, 3.63) is 21.9 Å². The van der Waals surface area contributed by atoms with E-state index in [9.17, 15) is 4.79 Å². The minimum atomic E-state index is 0.808. The van der Waals surface area contributed by atoms with Crippen LogP contribution in [0.15, 0.2) is 11.4 Å². The smallest absolute Gasteiger partial charge is 0.160 e. The average molecular weight is 200 g/mol. The molecule has 0 aliphatic carbocycles. The molecule has 13 heavy (non-hydrogen) atoms. The molecule has 1 rings (SSSR count). The van der Waals surface area contributed by atoms with Gasteiger partial charge in [0.25, 0.3) is 0 Å². The van der Waals surface area contributed by atoms with Gasteiger partial charge in [0, 0.05) is 0 Å². The van der Waals surface area contributed by atoms with Crippen LogP contribution in [0.2, 0.25) is 0 Å². The third kappa shape index (κ3) is 9.28. The number of hydrogen-bond donors (Lipinski definition) is 0. The third-order valence-electron chi connectivity index (χ3n) is 0.867. The van der Waals surface area contributed by atoms with Crippen LogP contribution in [0, 0.1) is 6.92 Å². The second kappa shape index (κ2) is 11.4. The molecule has 0 amide bonds. The van der Waals surface area contributed by atoms with Crippen LogP contribution >= 0.6 is 11.3 Å². The van der Waals surface area contributed by atoms with E-state index in [1.165, 1.54) is 17.8 Å². The maximum Gasteiger partial charge on any atom is 0.160 e. The molecule has 0 atom stereocenters. The van der Waals surface area contributed by atoms with Gasteiger partial charge in [0.2, 0.25) is 0 Å². The molecule has 0 saturated carbocycles. The first-order valence-corrected chi connectivity index (χ1v) is 5.62. The molecule has 0 N–H and O–H groups in total. The molecule has 0 spiro atoms. The first kappa shape index (κ1) is 14.9. The highest BCUT2D eigenvalue weighted by Gasteiger charge is 1.89. The zero-order chi connectivity index (χ0) is 10.7. The van der Waals surface area contributed by atoms with E-state index in [2.05, 4.69) is 13.8 Å². The highest BCUT2D eigenvalue weighted by molar-refractivity contribution is 7.11. The van der Waals surface area contributed by atoms with E-state index in [0.29, 0.717) is 0 Å². The predicted molar refractivity (Wildman–Crippen MR) is 61.8 cm³/mol. The molecule has 76 valence electrons. The fourth-order valence-electron chi connectivity index (χ4n) is 0.515. The van der Waals surface area contributed by atoms with E-state index in [0.717, 1.165) is 16.7 Å². The Labute approximate surface area is 85.8 Å². The van der Waals surface area contributed by atoms with Gasteiger partial charge < -0.3 is 0 Å². The maximum atomic E-state index is 10.0. The number of thiophene rings is 1. The van der Waals surface area contributed by atoms with Crippen molar-refractivity contribution in [3.8, 4) is 0 Å². The van der Waals surface area contributed by atoms with E-state index in [4.69, 9.17) is 0 Å². The molecule has 0 radical (unpaired) electrons. The standard InChI is InChI=1S/C6H6OS.C3H8.C2H6/c1-5-2-6(3-7)8-4-5;1-3-2;1-2/h2-4H,1H3;3H2,1-2H3;1-2H3. The van der Waals surface area contributed by atoms with Crippen LogP contribution in [-0.2, 0) is 0 Å². The molecule has 1 aromatic rings. The zero-order valence-electron chi connectivity index (χ0n) is 9.26. The summed E-state index contributed by atoms with van der Waals surface area (Å²) in [5.74, 6) is 0. The summed E-state index contributed by atoms with van der Waals surface area (Å²) in [6.45, 7) is 10.2. The number of hydrogen-bond acceptors (Lipinski definition) is 2. The largest absolute Gasteiger partial charge is 0.297 e. The molecule has 1 nitrogen and oxygen atoms in total. The first-order chi connectivity index (χ1) is 6.24. The molecule has 0 unspecified atom stereocenters. The molecular formula is C11H20OS. The Hall–Kier alpha value is -0.630. The second-order valence-corrected chi connectivity index (χ2v) is 3.29. The summed E-state index contributed by atoms with van der Waals surface area (Å²) >= 11 is 1.48. The third-order valence-corrected chi connectivity index (χ3v) is 1.84. The minimum Gasteiger partial charge on any atom is -0.297 e. The lowest BCUT2D eigenvalue weighted by molar-refractivity contribution is 0.112. The molecule has 1 aromatic heterocycles. The quantitative estimate of drug-likeness (QED) is 0.617. The number of aldehydes is 1. The molecule has 0 saturated heterocycles. The van der Waals surface area contributed by atoms with E-state index in [-0.39, 0.29) is 0 Å². The molecule has 1 heterocycles. The van der Waals surface area contributed by atoms with Crippen molar-refractivity contribution in [1.82, 2.24) is 0 Å². The monoisotopic (exact) mass is 200 g/mol. The Kier molecular flexibility index (Phi) is 13.0. The van der Waals surface area contributed by atoms with Crippen molar-refractivity contribution in [2.75, 3.05) is 0 Å². The van der Waals surface area contributed by atoms with Gasteiger partial charge >= 0.3 is 0 Å². The van der Waals surface area contributed by atoms with Crippen LogP contribution in [0.1, 0.15) is 49.4 Å². The summed E-state index contributed by atoms with van der Waals surface area (Å²) < 4.78 is 0. The maximum absolute atomic E-state index is 10.0. The van der Waals surface area contributed by atoms with E-state index < -0.39 is 0 Å². The van der Waals surface area contributed by atoms with Crippen molar-refractivity contribution in [3.63, 3.8) is 0 Å². The number of rotatable bonds is 1. The van der Waals surface area contributed by atoms with Gasteiger partial charge in [-0.3, -0.25) is 4.79 Å². The summed E-state index contributed by atoms with van der Waals surface area (Å²) in [7, 11) is 0. The van der Waals surface area contributed by atoms with Crippen LogP contribution in [-0.4, -0.2) is 6.29 Å². The van der Waals surface area contributed by atoms with Gasteiger partial charge in [-0.25, -0.2) is 0 Å².